The first-order valence-corrected chi connectivity index (χ1v) is 6.67. The van der Waals surface area contributed by atoms with Gasteiger partial charge in [-0.3, -0.25) is 4.98 Å². The van der Waals surface area contributed by atoms with Crippen LogP contribution in [0.5, 0.6) is 0 Å². The molecule has 2 aromatic carbocycles. The number of carbonyl (C=O) groups is 1. The lowest BCUT2D eigenvalue weighted by molar-refractivity contribution is 0.205. The van der Waals surface area contributed by atoms with Crippen LogP contribution < -0.4 is 4.90 Å². The molecule has 4 nitrogen and oxygen atoms in total. The monoisotopic (exact) mass is 298 g/mol. The molecule has 0 aliphatic heterocycles. The number of aromatic nitrogens is 1. The van der Waals surface area contributed by atoms with Crippen LogP contribution in [0.3, 0.4) is 0 Å². The highest BCUT2D eigenvalue weighted by Crippen LogP contribution is 2.32. The van der Waals surface area contributed by atoms with E-state index in [9.17, 15) is 9.90 Å². The quantitative estimate of drug-likeness (QED) is 0.746. The van der Waals surface area contributed by atoms with Gasteiger partial charge in [-0.05, 0) is 30.3 Å². The van der Waals surface area contributed by atoms with Crippen molar-refractivity contribution in [2.24, 2.45) is 0 Å². The first-order valence-electron chi connectivity index (χ1n) is 6.29. The molecular weight excluding hydrogens is 288 g/mol. The van der Waals surface area contributed by atoms with Gasteiger partial charge in [0.2, 0.25) is 0 Å². The van der Waals surface area contributed by atoms with E-state index in [0.29, 0.717) is 21.9 Å². The van der Waals surface area contributed by atoms with Crippen LogP contribution in [0.4, 0.5) is 16.2 Å². The second-order valence-electron chi connectivity index (χ2n) is 4.45. The first kappa shape index (κ1) is 13.4. The molecule has 21 heavy (non-hydrogen) atoms. The average molecular weight is 299 g/mol. The summed E-state index contributed by atoms with van der Waals surface area (Å²) in [5.41, 5.74) is 1.61. The van der Waals surface area contributed by atoms with Gasteiger partial charge < -0.3 is 5.11 Å². The molecule has 104 valence electrons. The Morgan fingerprint density at radius 1 is 1.10 bits per heavy atom. The Bertz CT molecular complexity index is 815. The molecule has 3 rings (SSSR count). The molecule has 5 heteroatoms. The highest BCUT2D eigenvalue weighted by atomic mass is 35.5. The van der Waals surface area contributed by atoms with Crippen molar-refractivity contribution < 1.29 is 9.90 Å². The molecule has 0 atom stereocenters. The second-order valence-corrected chi connectivity index (χ2v) is 4.89. The molecule has 0 aliphatic carbocycles. The van der Waals surface area contributed by atoms with Crippen LogP contribution in [0.1, 0.15) is 0 Å². The van der Waals surface area contributed by atoms with Crippen molar-refractivity contribution in [1.29, 1.82) is 0 Å². The lowest BCUT2D eigenvalue weighted by atomic mass is 10.1. The smallest absolute Gasteiger partial charge is 0.416 e. The van der Waals surface area contributed by atoms with Gasteiger partial charge in [0, 0.05) is 16.6 Å². The van der Waals surface area contributed by atoms with Gasteiger partial charge in [-0.15, -0.1) is 0 Å². The van der Waals surface area contributed by atoms with Gasteiger partial charge in [-0.2, -0.15) is 0 Å². The summed E-state index contributed by atoms with van der Waals surface area (Å²) in [6.45, 7) is 0. The zero-order valence-corrected chi connectivity index (χ0v) is 11.7. The summed E-state index contributed by atoms with van der Waals surface area (Å²) in [5, 5.41) is 10.9. The lowest BCUT2D eigenvalue weighted by Gasteiger charge is -2.20. The Balaban J connectivity index is 2.23. The van der Waals surface area contributed by atoms with Gasteiger partial charge in [0.1, 0.15) is 0 Å². The average Bonchev–Trinajstić information content (AvgIpc) is 2.47. The minimum Gasteiger partial charge on any atom is -0.464 e. The summed E-state index contributed by atoms with van der Waals surface area (Å²) in [7, 11) is 0. The molecule has 0 unspecified atom stereocenters. The van der Waals surface area contributed by atoms with Crippen molar-refractivity contribution >= 4 is 40.0 Å². The fraction of sp³-hybridized carbons (Fsp3) is 0. The fourth-order valence-electron chi connectivity index (χ4n) is 2.24. The number of rotatable bonds is 2. The Hall–Kier alpha value is -2.59. The van der Waals surface area contributed by atoms with Crippen LogP contribution in [0.2, 0.25) is 5.02 Å². The predicted octanol–water partition coefficient (Wildman–Crippen LogP) is 4.70. The van der Waals surface area contributed by atoms with E-state index in [-0.39, 0.29) is 0 Å². The number of halogens is 1. The number of hydrogen-bond donors (Lipinski definition) is 1. The highest BCUT2D eigenvalue weighted by molar-refractivity contribution is 6.31. The Morgan fingerprint density at radius 2 is 1.86 bits per heavy atom. The third-order valence-corrected chi connectivity index (χ3v) is 3.35. The van der Waals surface area contributed by atoms with Gasteiger partial charge in [-0.1, -0.05) is 35.9 Å². The third kappa shape index (κ3) is 2.53. The van der Waals surface area contributed by atoms with E-state index in [2.05, 4.69) is 4.98 Å². The van der Waals surface area contributed by atoms with E-state index in [1.807, 2.05) is 18.2 Å². The summed E-state index contributed by atoms with van der Waals surface area (Å²) in [5.74, 6) is 0. The van der Waals surface area contributed by atoms with E-state index in [1.165, 1.54) is 4.90 Å². The number of anilines is 2. The van der Waals surface area contributed by atoms with Gasteiger partial charge in [0.15, 0.2) is 0 Å². The normalized spacial score (nSPS) is 10.5. The van der Waals surface area contributed by atoms with Crippen LogP contribution in [-0.4, -0.2) is 16.2 Å². The highest BCUT2D eigenvalue weighted by Gasteiger charge is 2.19. The van der Waals surface area contributed by atoms with Crippen LogP contribution in [0, 0.1) is 0 Å². The van der Waals surface area contributed by atoms with Crippen molar-refractivity contribution in [2.45, 2.75) is 0 Å². The fourth-order valence-corrected chi connectivity index (χ4v) is 2.42. The zero-order valence-electron chi connectivity index (χ0n) is 10.9. The number of amides is 1. The molecule has 0 fully saturated rings. The maximum Gasteiger partial charge on any atom is 0.416 e. The number of fused-ring (bicyclic) bond motifs is 1. The van der Waals surface area contributed by atoms with E-state index < -0.39 is 6.09 Å². The number of hydrogen-bond acceptors (Lipinski definition) is 2. The van der Waals surface area contributed by atoms with Gasteiger partial charge in [-0.25, -0.2) is 9.69 Å². The topological polar surface area (TPSA) is 53.4 Å². The molecular formula is C16H11ClN2O2. The number of para-hydroxylation sites is 1. The van der Waals surface area contributed by atoms with Crippen molar-refractivity contribution in [3.05, 3.63) is 65.8 Å². The van der Waals surface area contributed by atoms with Gasteiger partial charge in [0.05, 0.1) is 16.9 Å². The Labute approximate surface area is 126 Å². The molecule has 0 spiro atoms. The van der Waals surface area contributed by atoms with Crippen molar-refractivity contribution in [3.8, 4) is 0 Å². The Kier molecular flexibility index (Phi) is 3.46. The number of nitrogens with zero attached hydrogens (tertiary/aromatic N) is 2. The van der Waals surface area contributed by atoms with Crippen LogP contribution in [0.25, 0.3) is 10.9 Å². The van der Waals surface area contributed by atoms with E-state index >= 15 is 0 Å². The molecule has 1 amide bonds. The molecule has 1 heterocycles. The summed E-state index contributed by atoms with van der Waals surface area (Å²) < 4.78 is 0. The maximum absolute atomic E-state index is 11.7. The summed E-state index contributed by atoms with van der Waals surface area (Å²) in [6.07, 6.45) is 0.555. The summed E-state index contributed by atoms with van der Waals surface area (Å²) >= 11 is 5.96. The van der Waals surface area contributed by atoms with Crippen molar-refractivity contribution in [3.63, 3.8) is 0 Å². The van der Waals surface area contributed by atoms with Crippen LogP contribution >= 0.6 is 11.6 Å². The van der Waals surface area contributed by atoms with Crippen LogP contribution in [0.15, 0.2) is 60.8 Å². The standard InChI is InChI=1S/C16H11ClN2O2/c17-12-6-2-7-13(10-12)19(16(20)21)14-8-1-4-11-5-3-9-18-15(11)14/h1-10H,(H,20,21). The largest absolute Gasteiger partial charge is 0.464 e. The van der Waals surface area contributed by atoms with E-state index in [0.717, 1.165) is 5.39 Å². The number of carboxylic acid groups (broad SMARTS) is 1. The summed E-state index contributed by atoms with van der Waals surface area (Å²) in [6, 6.07) is 15.9. The van der Waals surface area contributed by atoms with Crippen LogP contribution in [-0.2, 0) is 0 Å². The number of benzene rings is 2. The molecule has 0 saturated heterocycles. The van der Waals surface area contributed by atoms with Crippen molar-refractivity contribution in [1.82, 2.24) is 4.98 Å². The third-order valence-electron chi connectivity index (χ3n) is 3.11. The molecule has 3 aromatic rings. The summed E-state index contributed by atoms with van der Waals surface area (Å²) in [4.78, 5) is 17.2. The molecule has 1 aromatic heterocycles. The van der Waals surface area contributed by atoms with Gasteiger partial charge in [0.25, 0.3) is 0 Å². The molecule has 0 aliphatic rings. The van der Waals surface area contributed by atoms with Crippen molar-refractivity contribution in [2.75, 3.05) is 4.90 Å². The second kappa shape index (κ2) is 5.42. The Morgan fingerprint density at radius 3 is 2.62 bits per heavy atom. The first-order chi connectivity index (χ1) is 10.2. The zero-order chi connectivity index (χ0) is 14.8. The lowest BCUT2D eigenvalue weighted by Crippen LogP contribution is -2.24. The van der Waals surface area contributed by atoms with E-state index in [1.54, 1.807) is 42.6 Å². The van der Waals surface area contributed by atoms with Gasteiger partial charge >= 0.3 is 6.09 Å². The molecule has 0 saturated carbocycles. The predicted molar refractivity (Wildman–Crippen MR) is 83.4 cm³/mol. The number of pyridine rings is 1. The molecule has 0 bridgehead atoms. The SMILES string of the molecule is O=C(O)N(c1cccc(Cl)c1)c1cccc2cccnc12. The maximum atomic E-state index is 11.7. The minimum absolute atomic E-state index is 0.479. The minimum atomic E-state index is -1.09. The molecule has 1 N–H and O–H groups in total. The molecule has 0 radical (unpaired) electrons. The van der Waals surface area contributed by atoms with E-state index in [4.69, 9.17) is 11.6 Å².